The largest absolute Gasteiger partial charge is 0.443 e. The maximum absolute atomic E-state index is 12.6. The van der Waals surface area contributed by atoms with Crippen LogP contribution >= 0.6 is 11.6 Å². The van der Waals surface area contributed by atoms with Gasteiger partial charge in [0, 0.05) is 30.4 Å². The van der Waals surface area contributed by atoms with Crippen molar-refractivity contribution in [1.29, 1.82) is 0 Å². The average molecular weight is 371 g/mol. The second kappa shape index (κ2) is 7.33. The summed E-state index contributed by atoms with van der Waals surface area (Å²) >= 11 is 5.92. The van der Waals surface area contributed by atoms with Crippen molar-refractivity contribution in [1.82, 2.24) is 19.4 Å². The fraction of sp³-hybridized carbons (Fsp3) is 0.316. The Morgan fingerprint density at radius 1 is 1.31 bits per heavy atom. The number of nitrogens with zero attached hydrogens (tertiary/aromatic N) is 4. The van der Waals surface area contributed by atoms with Crippen molar-refractivity contribution in [2.24, 2.45) is 0 Å². The van der Waals surface area contributed by atoms with Gasteiger partial charge in [0.1, 0.15) is 18.3 Å². The lowest BCUT2D eigenvalue weighted by atomic mass is 10.1. The molecule has 0 radical (unpaired) electrons. The summed E-state index contributed by atoms with van der Waals surface area (Å²) in [7, 11) is 0. The molecule has 0 unspecified atom stereocenters. The normalized spacial score (nSPS) is 17.0. The van der Waals surface area contributed by atoms with E-state index >= 15 is 0 Å². The number of rotatable bonds is 5. The first kappa shape index (κ1) is 16.8. The van der Waals surface area contributed by atoms with Gasteiger partial charge in [-0.25, -0.2) is 9.97 Å². The number of amides is 1. The van der Waals surface area contributed by atoms with Crippen LogP contribution in [0.3, 0.4) is 0 Å². The molecule has 1 aliphatic rings. The summed E-state index contributed by atoms with van der Waals surface area (Å²) in [5.74, 6) is 1.46. The molecular formula is C19H19ClN4O2. The van der Waals surface area contributed by atoms with Crippen molar-refractivity contribution in [2.45, 2.75) is 31.8 Å². The molecule has 1 amide bonds. The van der Waals surface area contributed by atoms with Crippen molar-refractivity contribution < 1.29 is 9.21 Å². The maximum atomic E-state index is 12.6. The summed E-state index contributed by atoms with van der Waals surface area (Å²) in [5, 5.41) is 0.713. The Kier molecular flexibility index (Phi) is 4.75. The van der Waals surface area contributed by atoms with Crippen LogP contribution in [0.1, 0.15) is 36.1 Å². The van der Waals surface area contributed by atoms with Crippen LogP contribution < -0.4 is 0 Å². The lowest BCUT2D eigenvalue weighted by molar-refractivity contribution is -0.133. The molecule has 26 heavy (non-hydrogen) atoms. The molecule has 6 nitrogen and oxygen atoms in total. The molecule has 1 atom stereocenters. The number of oxazole rings is 1. The van der Waals surface area contributed by atoms with Gasteiger partial charge in [-0.05, 0) is 30.5 Å². The second-order valence-corrected chi connectivity index (χ2v) is 6.88. The SMILES string of the molecule is O=C(Cn1ccnc1)N1CCC[C@@H]1c1ncc(Cc2ccc(Cl)cc2)o1. The minimum atomic E-state index is -0.0926. The Hall–Kier alpha value is -2.60. The van der Waals surface area contributed by atoms with Gasteiger partial charge in [0.15, 0.2) is 0 Å². The van der Waals surface area contributed by atoms with E-state index in [0.29, 0.717) is 17.3 Å². The molecule has 3 aromatic rings. The van der Waals surface area contributed by atoms with Gasteiger partial charge < -0.3 is 13.9 Å². The smallest absolute Gasteiger partial charge is 0.243 e. The van der Waals surface area contributed by atoms with E-state index in [-0.39, 0.29) is 18.5 Å². The molecule has 0 N–H and O–H groups in total. The van der Waals surface area contributed by atoms with Crippen molar-refractivity contribution in [3.8, 4) is 0 Å². The predicted octanol–water partition coefficient (Wildman–Crippen LogP) is 3.48. The van der Waals surface area contributed by atoms with E-state index in [2.05, 4.69) is 9.97 Å². The predicted molar refractivity (Wildman–Crippen MR) is 96.7 cm³/mol. The lowest BCUT2D eigenvalue weighted by Crippen LogP contribution is -2.33. The Labute approximate surface area is 156 Å². The average Bonchev–Trinajstić information content (AvgIpc) is 3.37. The first-order chi connectivity index (χ1) is 12.7. The highest BCUT2D eigenvalue weighted by Gasteiger charge is 2.33. The number of benzene rings is 1. The molecule has 0 bridgehead atoms. The van der Waals surface area contributed by atoms with Gasteiger partial charge in [0.25, 0.3) is 0 Å². The number of halogens is 1. The van der Waals surface area contributed by atoms with Crippen LogP contribution in [0.4, 0.5) is 0 Å². The standard InChI is InChI=1S/C19H19ClN4O2/c20-15-5-3-14(4-6-15)10-16-11-22-19(26-16)17-2-1-8-24(17)18(25)12-23-9-7-21-13-23/h3-7,9,11,13,17H,1-2,8,10,12H2/t17-/m1/s1. The summed E-state index contributed by atoms with van der Waals surface area (Å²) in [6.07, 6.45) is 9.34. The van der Waals surface area contributed by atoms with E-state index < -0.39 is 0 Å². The molecule has 1 aromatic carbocycles. The van der Waals surface area contributed by atoms with E-state index in [1.807, 2.05) is 29.2 Å². The van der Waals surface area contributed by atoms with Crippen molar-refractivity contribution >= 4 is 17.5 Å². The molecule has 134 valence electrons. The minimum absolute atomic E-state index is 0.0583. The number of carbonyl (C=O) groups is 1. The molecule has 4 rings (SSSR count). The summed E-state index contributed by atoms with van der Waals surface area (Å²) in [5.41, 5.74) is 1.11. The molecule has 1 aliphatic heterocycles. The number of carbonyl (C=O) groups excluding carboxylic acids is 1. The third-order valence-corrected chi connectivity index (χ3v) is 4.85. The summed E-state index contributed by atoms with van der Waals surface area (Å²) in [6, 6.07) is 7.58. The van der Waals surface area contributed by atoms with Gasteiger partial charge in [-0.1, -0.05) is 23.7 Å². The Balaban J connectivity index is 1.45. The molecule has 1 fully saturated rings. The monoisotopic (exact) mass is 370 g/mol. The van der Waals surface area contributed by atoms with E-state index in [9.17, 15) is 4.79 Å². The van der Waals surface area contributed by atoms with E-state index in [0.717, 1.165) is 30.7 Å². The van der Waals surface area contributed by atoms with Gasteiger partial charge in [-0.15, -0.1) is 0 Å². The van der Waals surface area contributed by atoms with E-state index in [4.69, 9.17) is 16.0 Å². The zero-order valence-corrected chi connectivity index (χ0v) is 15.0. The third-order valence-electron chi connectivity index (χ3n) is 4.60. The first-order valence-electron chi connectivity index (χ1n) is 8.63. The number of likely N-dealkylation sites (tertiary alicyclic amines) is 1. The van der Waals surface area contributed by atoms with Gasteiger partial charge in [-0.3, -0.25) is 4.79 Å². The van der Waals surface area contributed by atoms with Crippen molar-refractivity contribution in [3.63, 3.8) is 0 Å². The highest BCUT2D eigenvalue weighted by Crippen LogP contribution is 2.32. The summed E-state index contributed by atoms with van der Waals surface area (Å²) < 4.78 is 7.74. The van der Waals surface area contributed by atoms with Crippen molar-refractivity contribution in [2.75, 3.05) is 6.54 Å². The molecule has 0 aliphatic carbocycles. The molecule has 0 saturated carbocycles. The van der Waals surface area contributed by atoms with Crippen LogP contribution in [0.5, 0.6) is 0 Å². The molecule has 1 saturated heterocycles. The van der Waals surface area contributed by atoms with Gasteiger partial charge in [-0.2, -0.15) is 0 Å². The number of aromatic nitrogens is 3. The number of hydrogen-bond acceptors (Lipinski definition) is 4. The summed E-state index contributed by atoms with van der Waals surface area (Å²) in [6.45, 7) is 1.02. The quantitative estimate of drug-likeness (QED) is 0.689. The first-order valence-corrected chi connectivity index (χ1v) is 9.01. The molecule has 0 spiro atoms. The minimum Gasteiger partial charge on any atom is -0.443 e. The fourth-order valence-corrected chi connectivity index (χ4v) is 3.44. The van der Waals surface area contributed by atoms with Gasteiger partial charge in [0.05, 0.1) is 12.5 Å². The van der Waals surface area contributed by atoms with Gasteiger partial charge >= 0.3 is 0 Å². The Morgan fingerprint density at radius 3 is 2.92 bits per heavy atom. The highest BCUT2D eigenvalue weighted by molar-refractivity contribution is 6.30. The Morgan fingerprint density at radius 2 is 2.15 bits per heavy atom. The topological polar surface area (TPSA) is 64.2 Å². The van der Waals surface area contributed by atoms with Crippen LogP contribution in [-0.4, -0.2) is 31.9 Å². The second-order valence-electron chi connectivity index (χ2n) is 6.45. The Bertz CT molecular complexity index is 873. The van der Waals surface area contributed by atoms with Crippen LogP contribution in [-0.2, 0) is 17.8 Å². The zero-order valence-electron chi connectivity index (χ0n) is 14.2. The van der Waals surface area contributed by atoms with Crippen molar-refractivity contribution in [3.05, 3.63) is 71.4 Å². The highest BCUT2D eigenvalue weighted by atomic mass is 35.5. The maximum Gasteiger partial charge on any atom is 0.243 e. The van der Waals surface area contributed by atoms with Crippen LogP contribution in [0.25, 0.3) is 0 Å². The number of hydrogen-bond donors (Lipinski definition) is 0. The van der Waals surface area contributed by atoms with Crippen LogP contribution in [0.15, 0.2) is 53.6 Å². The summed E-state index contributed by atoms with van der Waals surface area (Å²) in [4.78, 5) is 22.9. The molecule has 2 aromatic heterocycles. The van der Waals surface area contributed by atoms with E-state index in [1.165, 1.54) is 0 Å². The lowest BCUT2D eigenvalue weighted by Gasteiger charge is -2.22. The fourth-order valence-electron chi connectivity index (χ4n) is 3.31. The van der Waals surface area contributed by atoms with Crippen LogP contribution in [0.2, 0.25) is 5.02 Å². The number of imidazole rings is 1. The van der Waals surface area contributed by atoms with E-state index in [1.54, 1.807) is 29.5 Å². The molecule has 3 heterocycles. The third kappa shape index (κ3) is 3.65. The van der Waals surface area contributed by atoms with Gasteiger partial charge in [0.2, 0.25) is 11.8 Å². The zero-order chi connectivity index (χ0) is 17.9. The molecular weight excluding hydrogens is 352 g/mol. The molecule has 7 heteroatoms. The van der Waals surface area contributed by atoms with Crippen LogP contribution in [0, 0.1) is 0 Å².